The lowest BCUT2D eigenvalue weighted by Crippen LogP contribution is -2.27. The minimum absolute atomic E-state index is 0.0631. The zero-order chi connectivity index (χ0) is 22.4. The average Bonchev–Trinajstić information content (AvgIpc) is 2.77. The number of hydrogen-bond acceptors (Lipinski definition) is 4. The van der Waals surface area contributed by atoms with Crippen molar-refractivity contribution in [3.05, 3.63) is 94.5 Å². The molecule has 0 unspecified atom stereocenters. The van der Waals surface area contributed by atoms with Gasteiger partial charge in [0.15, 0.2) is 0 Å². The van der Waals surface area contributed by atoms with E-state index in [9.17, 15) is 13.2 Å². The molecule has 0 radical (unpaired) electrons. The van der Waals surface area contributed by atoms with Crippen molar-refractivity contribution in [2.24, 2.45) is 0 Å². The minimum Gasteiger partial charge on any atom is -0.488 e. The van der Waals surface area contributed by atoms with Crippen LogP contribution in [0.2, 0.25) is 5.02 Å². The Morgan fingerprint density at radius 1 is 0.968 bits per heavy atom. The summed E-state index contributed by atoms with van der Waals surface area (Å²) >= 11 is 5.90. The van der Waals surface area contributed by atoms with Crippen LogP contribution < -0.4 is 10.1 Å². The van der Waals surface area contributed by atoms with E-state index in [1.54, 1.807) is 54.6 Å². The van der Waals surface area contributed by atoms with Crippen LogP contribution >= 0.6 is 11.6 Å². The van der Waals surface area contributed by atoms with Crippen molar-refractivity contribution >= 4 is 27.5 Å². The van der Waals surface area contributed by atoms with E-state index in [0.717, 1.165) is 9.87 Å². The van der Waals surface area contributed by atoms with Crippen LogP contribution in [0, 0.1) is 0 Å². The van der Waals surface area contributed by atoms with E-state index in [0.29, 0.717) is 21.9 Å². The van der Waals surface area contributed by atoms with Gasteiger partial charge in [-0.15, -0.1) is 0 Å². The highest BCUT2D eigenvalue weighted by Crippen LogP contribution is 2.22. The molecule has 3 aromatic carbocycles. The Kier molecular flexibility index (Phi) is 7.33. The van der Waals surface area contributed by atoms with Crippen LogP contribution in [0.4, 0.5) is 0 Å². The molecule has 0 fully saturated rings. The number of nitrogens with one attached hydrogen (secondary N) is 1. The molecule has 1 N–H and O–H groups in total. The van der Waals surface area contributed by atoms with Crippen LogP contribution in [-0.2, 0) is 23.2 Å². The highest BCUT2D eigenvalue weighted by Gasteiger charge is 2.21. The second-order valence-corrected chi connectivity index (χ2v) is 9.55. The molecule has 8 heteroatoms. The number of nitrogens with zero attached hydrogens (tertiary/aromatic N) is 1. The number of sulfonamides is 1. The van der Waals surface area contributed by atoms with Crippen molar-refractivity contribution in [1.29, 1.82) is 0 Å². The lowest BCUT2D eigenvalue weighted by Gasteiger charge is -2.16. The molecule has 0 aliphatic rings. The van der Waals surface area contributed by atoms with Gasteiger partial charge in [-0.1, -0.05) is 54.1 Å². The summed E-state index contributed by atoms with van der Waals surface area (Å²) in [6, 6.07) is 20.8. The molecule has 0 bridgehead atoms. The van der Waals surface area contributed by atoms with Gasteiger partial charge in [-0.25, -0.2) is 12.7 Å². The number of ether oxygens (including phenoxy) is 1. The van der Waals surface area contributed by atoms with Gasteiger partial charge in [-0.05, 0) is 41.5 Å². The second kappa shape index (κ2) is 9.96. The average molecular weight is 459 g/mol. The Morgan fingerprint density at radius 2 is 1.61 bits per heavy atom. The first-order valence-corrected chi connectivity index (χ1v) is 11.4. The molecule has 162 valence electrons. The number of carbonyl (C=O) groups is 1. The summed E-state index contributed by atoms with van der Waals surface area (Å²) < 4.78 is 32.1. The van der Waals surface area contributed by atoms with Gasteiger partial charge in [0.25, 0.3) is 5.91 Å². The highest BCUT2D eigenvalue weighted by molar-refractivity contribution is 7.89. The molecule has 6 nitrogen and oxygen atoms in total. The predicted octanol–water partition coefficient (Wildman–Crippen LogP) is 4.10. The molecular weight excluding hydrogens is 436 g/mol. The molecule has 3 aromatic rings. The Balaban J connectivity index is 1.73. The third kappa shape index (κ3) is 5.64. The molecule has 31 heavy (non-hydrogen) atoms. The lowest BCUT2D eigenvalue weighted by molar-refractivity contribution is 0.0946. The van der Waals surface area contributed by atoms with Crippen molar-refractivity contribution in [2.75, 3.05) is 14.1 Å². The first kappa shape index (κ1) is 22.8. The molecule has 0 aliphatic carbocycles. The normalized spacial score (nSPS) is 11.4. The Morgan fingerprint density at radius 3 is 2.32 bits per heavy atom. The summed E-state index contributed by atoms with van der Waals surface area (Å²) in [5.41, 5.74) is 1.79. The maximum absolute atomic E-state index is 12.8. The van der Waals surface area contributed by atoms with E-state index in [2.05, 4.69) is 5.32 Å². The van der Waals surface area contributed by atoms with E-state index in [1.165, 1.54) is 20.2 Å². The molecule has 0 heterocycles. The van der Waals surface area contributed by atoms with E-state index in [1.807, 2.05) is 12.1 Å². The number of carbonyl (C=O) groups excluding carboxylic acids is 1. The quantitative estimate of drug-likeness (QED) is 0.551. The molecule has 0 saturated carbocycles. The van der Waals surface area contributed by atoms with E-state index in [-0.39, 0.29) is 24.0 Å². The van der Waals surface area contributed by atoms with E-state index >= 15 is 0 Å². The molecule has 0 saturated heterocycles. The van der Waals surface area contributed by atoms with Crippen LogP contribution in [-0.4, -0.2) is 32.7 Å². The number of amides is 1. The molecule has 0 aromatic heterocycles. The van der Waals surface area contributed by atoms with Gasteiger partial charge < -0.3 is 10.1 Å². The third-order valence-corrected chi connectivity index (χ3v) is 6.78. The zero-order valence-electron chi connectivity index (χ0n) is 17.2. The van der Waals surface area contributed by atoms with Gasteiger partial charge in [-0.3, -0.25) is 4.79 Å². The minimum atomic E-state index is -3.62. The summed E-state index contributed by atoms with van der Waals surface area (Å²) in [6.07, 6.45) is 0. The number of rotatable bonds is 8. The van der Waals surface area contributed by atoms with Gasteiger partial charge >= 0.3 is 0 Å². The Hall–Kier alpha value is -2.87. The maximum Gasteiger partial charge on any atom is 0.255 e. The predicted molar refractivity (Wildman–Crippen MR) is 121 cm³/mol. The molecule has 1 amide bonds. The van der Waals surface area contributed by atoms with Gasteiger partial charge in [0.05, 0.1) is 10.5 Å². The molecule has 0 spiro atoms. The third-order valence-electron chi connectivity index (χ3n) is 4.61. The summed E-state index contributed by atoms with van der Waals surface area (Å²) in [7, 11) is -0.680. The first-order valence-electron chi connectivity index (χ1n) is 9.54. The van der Waals surface area contributed by atoms with Crippen LogP contribution in [0.25, 0.3) is 0 Å². The Bertz CT molecular complexity index is 1160. The fourth-order valence-electron chi connectivity index (χ4n) is 2.89. The van der Waals surface area contributed by atoms with Crippen molar-refractivity contribution < 1.29 is 17.9 Å². The van der Waals surface area contributed by atoms with Crippen LogP contribution in [0.5, 0.6) is 5.75 Å². The van der Waals surface area contributed by atoms with Crippen molar-refractivity contribution in [2.45, 2.75) is 18.0 Å². The molecule has 0 aliphatic heterocycles. The molecular formula is C23H23ClN2O4S. The van der Waals surface area contributed by atoms with Crippen LogP contribution in [0.3, 0.4) is 0 Å². The highest BCUT2D eigenvalue weighted by atomic mass is 35.5. The smallest absolute Gasteiger partial charge is 0.255 e. The van der Waals surface area contributed by atoms with Crippen LogP contribution in [0.15, 0.2) is 77.7 Å². The summed E-state index contributed by atoms with van der Waals surface area (Å²) in [5, 5.41) is 3.43. The fraction of sp³-hybridized carbons (Fsp3) is 0.174. The first-order chi connectivity index (χ1) is 14.8. The number of halogens is 1. The topological polar surface area (TPSA) is 75.7 Å². The standard InChI is InChI=1S/C23H23ClN2O4S/c1-26(2)31(28,29)22-10-6-3-7-18(22)15-25-23(27)20-8-4-5-9-21(20)30-16-17-11-13-19(24)14-12-17/h3-14H,15-16H2,1-2H3,(H,25,27). The number of hydrogen-bond donors (Lipinski definition) is 1. The van der Waals surface area contributed by atoms with E-state index < -0.39 is 10.0 Å². The molecule has 0 atom stereocenters. The van der Waals surface area contributed by atoms with Gasteiger partial charge in [0.1, 0.15) is 12.4 Å². The van der Waals surface area contributed by atoms with E-state index in [4.69, 9.17) is 16.3 Å². The van der Waals surface area contributed by atoms with Gasteiger partial charge in [0, 0.05) is 25.7 Å². The zero-order valence-corrected chi connectivity index (χ0v) is 18.8. The van der Waals surface area contributed by atoms with Gasteiger partial charge in [0.2, 0.25) is 10.0 Å². The SMILES string of the molecule is CN(C)S(=O)(=O)c1ccccc1CNC(=O)c1ccccc1OCc1ccc(Cl)cc1. The molecule has 3 rings (SSSR count). The lowest BCUT2D eigenvalue weighted by atomic mass is 10.1. The summed E-state index contributed by atoms with van der Waals surface area (Å²) in [5.74, 6) is 0.0768. The summed E-state index contributed by atoms with van der Waals surface area (Å²) in [4.78, 5) is 13.0. The maximum atomic E-state index is 12.8. The summed E-state index contributed by atoms with van der Waals surface area (Å²) in [6.45, 7) is 0.346. The second-order valence-electron chi connectivity index (χ2n) is 6.99. The number of benzene rings is 3. The number of para-hydroxylation sites is 1. The Labute approximate surface area is 187 Å². The van der Waals surface area contributed by atoms with Crippen molar-refractivity contribution in [3.8, 4) is 5.75 Å². The fourth-order valence-corrected chi connectivity index (χ4v) is 4.13. The van der Waals surface area contributed by atoms with Crippen molar-refractivity contribution in [1.82, 2.24) is 9.62 Å². The van der Waals surface area contributed by atoms with Gasteiger partial charge in [-0.2, -0.15) is 0 Å². The monoisotopic (exact) mass is 458 g/mol. The van der Waals surface area contributed by atoms with Crippen LogP contribution in [0.1, 0.15) is 21.5 Å². The largest absolute Gasteiger partial charge is 0.488 e. The van der Waals surface area contributed by atoms with Crippen molar-refractivity contribution in [3.63, 3.8) is 0 Å².